The van der Waals surface area contributed by atoms with Crippen molar-refractivity contribution in [3.63, 3.8) is 0 Å². The first-order valence-electron chi connectivity index (χ1n) is 8.99. The van der Waals surface area contributed by atoms with E-state index in [-0.39, 0.29) is 29.9 Å². The summed E-state index contributed by atoms with van der Waals surface area (Å²) in [7, 11) is 0. The van der Waals surface area contributed by atoms with Crippen LogP contribution in [0.15, 0.2) is 24.3 Å². The van der Waals surface area contributed by atoms with Gasteiger partial charge in [-0.15, -0.1) is 10.2 Å². The smallest absolute Gasteiger partial charge is 0.351 e. The van der Waals surface area contributed by atoms with Crippen LogP contribution in [0.1, 0.15) is 38.7 Å². The average Bonchev–Trinajstić information content (AvgIpc) is 3.07. The number of nitrogens with zero attached hydrogens (tertiary/aromatic N) is 4. The van der Waals surface area contributed by atoms with Crippen molar-refractivity contribution in [2.24, 2.45) is 11.8 Å². The summed E-state index contributed by atoms with van der Waals surface area (Å²) >= 11 is 0. The van der Waals surface area contributed by atoms with Gasteiger partial charge in [-0.1, -0.05) is 38.8 Å². The number of aromatic nitrogens is 4. The van der Waals surface area contributed by atoms with Crippen LogP contribution in [0.2, 0.25) is 0 Å². The van der Waals surface area contributed by atoms with Crippen molar-refractivity contribution in [3.05, 3.63) is 29.8 Å². The first kappa shape index (κ1) is 19.3. The minimum Gasteiger partial charge on any atom is -0.351 e. The molecule has 1 aliphatic rings. The number of hydrogen-bond acceptors (Lipinski definition) is 4. The van der Waals surface area contributed by atoms with Crippen LogP contribution in [0.4, 0.5) is 13.2 Å². The summed E-state index contributed by atoms with van der Waals surface area (Å²) in [5, 5.41) is 14.6. The van der Waals surface area contributed by atoms with E-state index in [0.717, 1.165) is 29.8 Å². The molecule has 0 aliphatic heterocycles. The van der Waals surface area contributed by atoms with Crippen LogP contribution in [0.3, 0.4) is 0 Å². The second-order valence-electron chi connectivity index (χ2n) is 7.16. The standard InChI is InChI=1S/C18H22F3N5O/c1-11-5-3-8-15(12(11)2)22-16(27)10-26-24-17(23-25-26)13-6-4-7-14(9-13)18(19,20)21/h4,6-7,9,11-12,15H,3,5,8,10H2,1-2H3,(H,22,27). The highest BCUT2D eigenvalue weighted by Gasteiger charge is 2.31. The number of amides is 1. The van der Waals surface area contributed by atoms with Gasteiger partial charge in [-0.25, -0.2) is 0 Å². The lowest BCUT2D eigenvalue weighted by Crippen LogP contribution is -2.45. The second-order valence-corrected chi connectivity index (χ2v) is 7.16. The van der Waals surface area contributed by atoms with Gasteiger partial charge in [0.2, 0.25) is 11.7 Å². The molecule has 27 heavy (non-hydrogen) atoms. The molecule has 146 valence electrons. The molecular weight excluding hydrogens is 359 g/mol. The summed E-state index contributed by atoms with van der Waals surface area (Å²) in [6.45, 7) is 4.20. The van der Waals surface area contributed by atoms with Crippen LogP contribution >= 0.6 is 0 Å². The Labute approximate surface area is 155 Å². The molecule has 0 bridgehead atoms. The second kappa shape index (κ2) is 7.66. The highest BCUT2D eigenvalue weighted by atomic mass is 19.4. The number of nitrogens with one attached hydrogen (secondary N) is 1. The summed E-state index contributed by atoms with van der Waals surface area (Å²) < 4.78 is 38.5. The molecule has 2 aromatic rings. The van der Waals surface area contributed by atoms with Crippen molar-refractivity contribution in [2.45, 2.75) is 51.9 Å². The topological polar surface area (TPSA) is 72.7 Å². The van der Waals surface area contributed by atoms with Gasteiger partial charge in [0.1, 0.15) is 6.54 Å². The minimum absolute atomic E-state index is 0.0496. The van der Waals surface area contributed by atoms with E-state index in [9.17, 15) is 18.0 Å². The fraction of sp³-hybridized carbons (Fsp3) is 0.556. The Morgan fingerprint density at radius 1 is 1.30 bits per heavy atom. The minimum atomic E-state index is -4.44. The van der Waals surface area contributed by atoms with Gasteiger partial charge in [0, 0.05) is 11.6 Å². The largest absolute Gasteiger partial charge is 0.416 e. The van der Waals surface area contributed by atoms with Crippen molar-refractivity contribution in [1.82, 2.24) is 25.5 Å². The lowest BCUT2D eigenvalue weighted by atomic mass is 9.78. The maximum atomic E-state index is 12.8. The third-order valence-electron chi connectivity index (χ3n) is 5.24. The highest BCUT2D eigenvalue weighted by molar-refractivity contribution is 5.75. The van der Waals surface area contributed by atoms with Crippen LogP contribution in [0.5, 0.6) is 0 Å². The monoisotopic (exact) mass is 381 g/mol. The Morgan fingerprint density at radius 3 is 2.81 bits per heavy atom. The Balaban J connectivity index is 1.65. The third-order valence-corrected chi connectivity index (χ3v) is 5.24. The molecule has 3 unspecified atom stereocenters. The molecule has 6 nitrogen and oxygen atoms in total. The zero-order valence-corrected chi connectivity index (χ0v) is 15.2. The zero-order chi connectivity index (χ0) is 19.6. The predicted octanol–water partition coefficient (Wildman–Crippen LogP) is 3.30. The van der Waals surface area contributed by atoms with Gasteiger partial charge < -0.3 is 5.32 Å². The summed E-state index contributed by atoms with van der Waals surface area (Å²) in [6, 6.07) is 4.83. The molecule has 1 fully saturated rings. The number of rotatable bonds is 4. The van der Waals surface area contributed by atoms with Gasteiger partial charge in [0.05, 0.1) is 5.56 Å². The van der Waals surface area contributed by atoms with Crippen molar-refractivity contribution in [2.75, 3.05) is 0 Å². The van der Waals surface area contributed by atoms with E-state index in [2.05, 4.69) is 34.6 Å². The summed E-state index contributed by atoms with van der Waals surface area (Å²) in [4.78, 5) is 13.4. The van der Waals surface area contributed by atoms with E-state index in [1.54, 1.807) is 0 Å². The molecule has 1 heterocycles. The maximum Gasteiger partial charge on any atom is 0.416 e. The predicted molar refractivity (Wildman–Crippen MR) is 92.4 cm³/mol. The van der Waals surface area contributed by atoms with Crippen molar-refractivity contribution in [3.8, 4) is 11.4 Å². The number of alkyl halides is 3. The lowest BCUT2D eigenvalue weighted by Gasteiger charge is -2.34. The molecule has 1 aliphatic carbocycles. The normalized spacial score (nSPS) is 23.2. The number of halogens is 3. The molecule has 1 aromatic heterocycles. The highest BCUT2D eigenvalue weighted by Crippen LogP contribution is 2.31. The Morgan fingerprint density at radius 2 is 2.07 bits per heavy atom. The quantitative estimate of drug-likeness (QED) is 0.882. The molecule has 0 saturated heterocycles. The summed E-state index contributed by atoms with van der Waals surface area (Å²) in [5.74, 6) is 0.774. The van der Waals surface area contributed by atoms with E-state index in [4.69, 9.17) is 0 Å². The van der Waals surface area contributed by atoms with Crippen LogP contribution in [0, 0.1) is 11.8 Å². The molecule has 1 saturated carbocycles. The number of carbonyl (C=O) groups excluding carboxylic acids is 1. The SMILES string of the molecule is CC1CCCC(NC(=O)Cn2nnc(-c3cccc(C(F)(F)F)c3)n2)C1C. The van der Waals surface area contributed by atoms with Crippen molar-refractivity contribution < 1.29 is 18.0 Å². The number of tetrazole rings is 1. The molecule has 3 atom stereocenters. The molecule has 1 aromatic carbocycles. The zero-order valence-electron chi connectivity index (χ0n) is 15.2. The van der Waals surface area contributed by atoms with E-state index < -0.39 is 11.7 Å². The van der Waals surface area contributed by atoms with Crippen molar-refractivity contribution >= 4 is 5.91 Å². The third kappa shape index (κ3) is 4.64. The molecule has 3 rings (SSSR count). The van der Waals surface area contributed by atoms with Gasteiger partial charge in [-0.05, 0) is 35.6 Å². The Bertz CT molecular complexity index is 804. The van der Waals surface area contributed by atoms with Crippen LogP contribution < -0.4 is 5.32 Å². The van der Waals surface area contributed by atoms with Gasteiger partial charge in [0.15, 0.2) is 0 Å². The number of carbonyl (C=O) groups is 1. The Kier molecular flexibility index (Phi) is 5.48. The van der Waals surface area contributed by atoms with Crippen molar-refractivity contribution in [1.29, 1.82) is 0 Å². The molecule has 9 heteroatoms. The fourth-order valence-corrected chi connectivity index (χ4v) is 3.43. The number of hydrogen-bond donors (Lipinski definition) is 1. The van der Waals surface area contributed by atoms with Crippen LogP contribution in [0.25, 0.3) is 11.4 Å². The first-order chi connectivity index (χ1) is 12.7. The maximum absolute atomic E-state index is 12.8. The molecule has 1 N–H and O–H groups in total. The molecule has 0 radical (unpaired) electrons. The van der Waals surface area contributed by atoms with Gasteiger partial charge in [-0.3, -0.25) is 4.79 Å². The van der Waals surface area contributed by atoms with Gasteiger partial charge >= 0.3 is 6.18 Å². The molecule has 0 spiro atoms. The lowest BCUT2D eigenvalue weighted by molar-refractivity contribution is -0.137. The van der Waals surface area contributed by atoms with E-state index >= 15 is 0 Å². The van der Waals surface area contributed by atoms with Gasteiger partial charge in [-0.2, -0.15) is 18.0 Å². The molecular formula is C18H22F3N5O. The number of benzene rings is 1. The summed E-state index contributed by atoms with van der Waals surface area (Å²) in [6.07, 6.45) is -1.26. The van der Waals surface area contributed by atoms with Crippen LogP contribution in [-0.2, 0) is 17.5 Å². The van der Waals surface area contributed by atoms with Crippen LogP contribution in [-0.4, -0.2) is 32.2 Å². The first-order valence-corrected chi connectivity index (χ1v) is 8.99. The van der Waals surface area contributed by atoms with E-state index in [0.29, 0.717) is 11.8 Å². The van der Waals surface area contributed by atoms with E-state index in [1.165, 1.54) is 18.6 Å². The summed E-state index contributed by atoms with van der Waals surface area (Å²) in [5.41, 5.74) is -0.583. The fourth-order valence-electron chi connectivity index (χ4n) is 3.43. The average molecular weight is 381 g/mol. The molecule has 1 amide bonds. The Hall–Kier alpha value is -2.45. The van der Waals surface area contributed by atoms with E-state index in [1.807, 2.05) is 0 Å². The van der Waals surface area contributed by atoms with Gasteiger partial charge in [0.25, 0.3) is 0 Å².